The van der Waals surface area contributed by atoms with Crippen LogP contribution in [0.1, 0.15) is 17.7 Å². The maximum Gasteiger partial charge on any atom is 0.263 e. The van der Waals surface area contributed by atoms with Crippen molar-refractivity contribution in [2.45, 2.75) is 29.2 Å². The second-order valence-corrected chi connectivity index (χ2v) is 14.4. The minimum Gasteiger partial charge on any atom is -0.457 e. The number of aryl methyl sites for hydroxylation is 1. The van der Waals surface area contributed by atoms with Crippen molar-refractivity contribution in [1.82, 2.24) is 5.32 Å². The third-order valence-electron chi connectivity index (χ3n) is 5.78. The predicted molar refractivity (Wildman–Crippen MR) is 137 cm³/mol. The van der Waals surface area contributed by atoms with Crippen LogP contribution in [0.4, 0.5) is 0 Å². The largest absolute Gasteiger partial charge is 0.457 e. The number of nitrogens with two attached hydrogens (primary N) is 1. The van der Waals surface area contributed by atoms with E-state index in [0.717, 1.165) is 11.6 Å². The summed E-state index contributed by atoms with van der Waals surface area (Å²) in [7, 11) is -11.5. The van der Waals surface area contributed by atoms with Crippen LogP contribution in [0.2, 0.25) is 0 Å². The molecule has 3 aromatic rings. The Morgan fingerprint density at radius 3 is 2.16 bits per heavy atom. The van der Waals surface area contributed by atoms with Crippen molar-refractivity contribution in [3.05, 3.63) is 76.9 Å². The third-order valence-corrected chi connectivity index (χ3v) is 10.3. The molecule has 0 spiro atoms. The zero-order chi connectivity index (χ0) is 27.0. The number of hydrogen-bond acceptors (Lipinski definition) is 8. The molecule has 1 unspecified atom stereocenters. The Morgan fingerprint density at radius 2 is 1.59 bits per heavy atom. The zero-order valence-corrected chi connectivity index (χ0v) is 22.1. The Hall–Kier alpha value is -3.26. The van der Waals surface area contributed by atoms with E-state index >= 15 is 0 Å². The van der Waals surface area contributed by atoms with Crippen molar-refractivity contribution < 1.29 is 34.5 Å². The first-order valence-electron chi connectivity index (χ1n) is 11.0. The van der Waals surface area contributed by atoms with Gasteiger partial charge in [0.25, 0.3) is 5.91 Å². The Labute approximate surface area is 215 Å². The molecular weight excluding hydrogens is 540 g/mol. The fraction of sp³-hybridized carbons (Fsp3) is 0.208. The molecule has 0 bridgehead atoms. The topological polar surface area (TPSA) is 171 Å². The summed E-state index contributed by atoms with van der Waals surface area (Å²) in [6.45, 7) is 1.79. The maximum absolute atomic E-state index is 13.4. The summed E-state index contributed by atoms with van der Waals surface area (Å²) in [6.07, 6.45) is 1.27. The number of sulfonamides is 1. The molecular formula is C24H24N2O8S3. The van der Waals surface area contributed by atoms with Crippen LogP contribution in [0, 0.1) is 6.92 Å². The molecule has 4 rings (SSSR count). The summed E-state index contributed by atoms with van der Waals surface area (Å²) in [5.41, 5.74) is 1.32. The highest BCUT2D eigenvalue weighted by Crippen LogP contribution is 2.28. The van der Waals surface area contributed by atoms with E-state index in [9.17, 15) is 30.0 Å². The van der Waals surface area contributed by atoms with Gasteiger partial charge in [0.15, 0.2) is 9.84 Å². The third kappa shape index (κ3) is 6.18. The van der Waals surface area contributed by atoms with Crippen LogP contribution in [-0.4, -0.2) is 48.7 Å². The number of rotatable bonds is 7. The van der Waals surface area contributed by atoms with E-state index in [0.29, 0.717) is 11.3 Å². The predicted octanol–water partition coefficient (Wildman–Crippen LogP) is 2.02. The van der Waals surface area contributed by atoms with Gasteiger partial charge in [0.2, 0.25) is 19.9 Å². The standard InChI is InChI=1S/C24H24N2O8S3/c1-16-2-7-20(8-3-16)36(30,31)23(24(27)26-18-12-13-35(28,29)15-18)14-19-6-11-22(34-19)17-4-9-21(10-5-17)37(25,32)33/h2-11,14,18H,12-13,15H2,1H3,(H,26,27)(H2,25,32,33). The summed E-state index contributed by atoms with van der Waals surface area (Å²) in [4.78, 5) is 12.3. The summed E-state index contributed by atoms with van der Waals surface area (Å²) in [5, 5.41) is 7.64. The quantitative estimate of drug-likeness (QED) is 0.410. The van der Waals surface area contributed by atoms with E-state index in [1.165, 1.54) is 48.5 Å². The average Bonchev–Trinajstić information content (AvgIpc) is 3.43. The first-order chi connectivity index (χ1) is 17.2. The van der Waals surface area contributed by atoms with Crippen molar-refractivity contribution in [3.8, 4) is 11.3 Å². The monoisotopic (exact) mass is 564 g/mol. The van der Waals surface area contributed by atoms with E-state index in [2.05, 4.69) is 5.32 Å². The van der Waals surface area contributed by atoms with Crippen molar-refractivity contribution in [2.75, 3.05) is 11.5 Å². The van der Waals surface area contributed by atoms with Gasteiger partial charge in [0.1, 0.15) is 16.4 Å². The fourth-order valence-electron chi connectivity index (χ4n) is 3.80. The number of primary sulfonamides is 1. The van der Waals surface area contributed by atoms with Crippen LogP contribution in [0.3, 0.4) is 0 Å². The molecule has 2 aromatic carbocycles. The normalized spacial score (nSPS) is 18.0. The van der Waals surface area contributed by atoms with Crippen molar-refractivity contribution in [3.63, 3.8) is 0 Å². The molecule has 1 atom stereocenters. The highest BCUT2D eigenvalue weighted by molar-refractivity contribution is 7.96. The van der Waals surface area contributed by atoms with Gasteiger partial charge in [-0.25, -0.2) is 30.4 Å². The fourth-order valence-corrected chi connectivity index (χ4v) is 7.31. The van der Waals surface area contributed by atoms with Gasteiger partial charge in [0.05, 0.1) is 21.3 Å². The van der Waals surface area contributed by atoms with E-state index in [-0.39, 0.29) is 33.5 Å². The SMILES string of the molecule is Cc1ccc(S(=O)(=O)C(=Cc2ccc(-c3ccc(S(N)(=O)=O)cc3)o2)C(=O)NC2CCS(=O)(=O)C2)cc1. The van der Waals surface area contributed by atoms with Crippen LogP contribution in [0.25, 0.3) is 17.4 Å². The Balaban J connectivity index is 1.70. The van der Waals surface area contributed by atoms with Gasteiger partial charge in [-0.1, -0.05) is 17.7 Å². The molecule has 1 amide bonds. The van der Waals surface area contributed by atoms with E-state index in [1.54, 1.807) is 19.1 Å². The molecule has 1 aliphatic rings. The molecule has 37 heavy (non-hydrogen) atoms. The lowest BCUT2D eigenvalue weighted by atomic mass is 10.2. The molecule has 0 saturated carbocycles. The number of furan rings is 1. The lowest BCUT2D eigenvalue weighted by Gasteiger charge is -2.14. The number of benzene rings is 2. The molecule has 0 radical (unpaired) electrons. The molecule has 196 valence electrons. The molecule has 1 fully saturated rings. The van der Waals surface area contributed by atoms with Crippen LogP contribution < -0.4 is 10.5 Å². The first kappa shape index (κ1) is 26.8. The van der Waals surface area contributed by atoms with Gasteiger partial charge < -0.3 is 9.73 Å². The molecule has 2 heterocycles. The maximum atomic E-state index is 13.4. The number of carbonyl (C=O) groups excluding carboxylic acids is 1. The van der Waals surface area contributed by atoms with Crippen molar-refractivity contribution >= 4 is 41.7 Å². The Kier molecular flexibility index (Phi) is 7.16. The summed E-state index contributed by atoms with van der Waals surface area (Å²) < 4.78 is 79.2. The highest BCUT2D eigenvalue weighted by Gasteiger charge is 2.33. The van der Waals surface area contributed by atoms with Crippen LogP contribution in [-0.2, 0) is 34.5 Å². The second kappa shape index (κ2) is 9.89. The van der Waals surface area contributed by atoms with Gasteiger partial charge in [0, 0.05) is 17.7 Å². The molecule has 1 saturated heterocycles. The summed E-state index contributed by atoms with van der Waals surface area (Å²) >= 11 is 0. The van der Waals surface area contributed by atoms with E-state index in [1.807, 2.05) is 0 Å². The molecule has 10 nitrogen and oxygen atoms in total. The van der Waals surface area contributed by atoms with Gasteiger partial charge in [-0.05, 0) is 61.9 Å². The van der Waals surface area contributed by atoms with Gasteiger partial charge in [-0.3, -0.25) is 4.79 Å². The van der Waals surface area contributed by atoms with E-state index < -0.39 is 46.6 Å². The number of amides is 1. The number of carbonyl (C=O) groups is 1. The smallest absolute Gasteiger partial charge is 0.263 e. The van der Waals surface area contributed by atoms with Crippen LogP contribution in [0.15, 0.2) is 79.8 Å². The van der Waals surface area contributed by atoms with Crippen molar-refractivity contribution in [2.24, 2.45) is 5.14 Å². The van der Waals surface area contributed by atoms with Crippen LogP contribution >= 0.6 is 0 Å². The molecule has 13 heteroatoms. The zero-order valence-electron chi connectivity index (χ0n) is 19.6. The molecule has 1 aromatic heterocycles. The molecule has 1 aliphatic heterocycles. The Morgan fingerprint density at radius 1 is 0.973 bits per heavy atom. The first-order valence-corrected chi connectivity index (χ1v) is 15.9. The lowest BCUT2D eigenvalue weighted by molar-refractivity contribution is -0.117. The number of sulfone groups is 2. The van der Waals surface area contributed by atoms with Crippen molar-refractivity contribution in [1.29, 1.82) is 0 Å². The van der Waals surface area contributed by atoms with Gasteiger partial charge >= 0.3 is 0 Å². The second-order valence-electron chi connectivity index (χ2n) is 8.67. The Bertz CT molecular complexity index is 1690. The summed E-state index contributed by atoms with van der Waals surface area (Å²) in [6, 6.07) is 13.8. The number of nitrogens with one attached hydrogen (secondary N) is 1. The van der Waals surface area contributed by atoms with E-state index in [4.69, 9.17) is 9.56 Å². The lowest BCUT2D eigenvalue weighted by Crippen LogP contribution is -2.38. The minimum atomic E-state index is -4.30. The highest BCUT2D eigenvalue weighted by atomic mass is 32.2. The molecule has 0 aliphatic carbocycles. The minimum absolute atomic E-state index is 0.0467. The number of hydrogen-bond donors (Lipinski definition) is 2. The molecule has 3 N–H and O–H groups in total. The summed E-state index contributed by atoms with van der Waals surface area (Å²) in [5.74, 6) is -0.964. The van der Waals surface area contributed by atoms with Crippen LogP contribution in [0.5, 0.6) is 0 Å². The van der Waals surface area contributed by atoms with Gasteiger partial charge in [-0.15, -0.1) is 0 Å². The van der Waals surface area contributed by atoms with Gasteiger partial charge in [-0.2, -0.15) is 0 Å². The average molecular weight is 565 g/mol.